The van der Waals surface area contributed by atoms with Crippen LogP contribution >= 0.6 is 0 Å². The third kappa shape index (κ3) is 3.34. The molecular formula is C19H23N7O3. The molecule has 1 aromatic heterocycles. The Bertz CT molecular complexity index is 916. The fraction of sp³-hybridized carbons (Fsp3) is 0.474. The van der Waals surface area contributed by atoms with E-state index in [0.29, 0.717) is 38.0 Å². The normalized spacial score (nSPS) is 18.6. The van der Waals surface area contributed by atoms with Crippen LogP contribution in [0, 0.1) is 5.92 Å². The number of benzene rings is 1. The van der Waals surface area contributed by atoms with Crippen molar-refractivity contribution in [2.24, 2.45) is 5.92 Å². The van der Waals surface area contributed by atoms with Crippen LogP contribution in [0.4, 0.5) is 4.79 Å². The smallest absolute Gasteiger partial charge is 0.325 e. The first-order chi connectivity index (χ1) is 13.9. The zero-order valence-corrected chi connectivity index (χ0v) is 16.4. The molecule has 0 saturated carbocycles. The summed E-state index contributed by atoms with van der Waals surface area (Å²) in [5, 5.41) is 13.5. The van der Waals surface area contributed by atoms with Crippen molar-refractivity contribution in [3.05, 3.63) is 36.2 Å². The molecule has 29 heavy (non-hydrogen) atoms. The molecule has 2 aliphatic rings. The highest BCUT2D eigenvalue weighted by molar-refractivity contribution is 6.07. The fourth-order valence-corrected chi connectivity index (χ4v) is 4.02. The monoisotopic (exact) mass is 397 g/mol. The van der Waals surface area contributed by atoms with Crippen molar-refractivity contribution in [2.75, 3.05) is 19.6 Å². The van der Waals surface area contributed by atoms with Crippen molar-refractivity contribution in [1.29, 1.82) is 0 Å². The maximum absolute atomic E-state index is 12.9. The highest BCUT2D eigenvalue weighted by Crippen LogP contribution is 2.34. The lowest BCUT2D eigenvalue weighted by Gasteiger charge is -2.42. The average molecular weight is 397 g/mol. The summed E-state index contributed by atoms with van der Waals surface area (Å²) in [6.45, 7) is 5.39. The lowest BCUT2D eigenvalue weighted by atomic mass is 9.85. The fourth-order valence-electron chi connectivity index (χ4n) is 4.02. The second-order valence-electron chi connectivity index (χ2n) is 7.89. The Labute approximate surface area is 167 Å². The zero-order chi connectivity index (χ0) is 20.6. The largest absolute Gasteiger partial charge is 0.338 e. The second-order valence-corrected chi connectivity index (χ2v) is 7.89. The van der Waals surface area contributed by atoms with Gasteiger partial charge in [0.1, 0.15) is 11.9 Å². The number of nitrogens with one attached hydrogen (secondary N) is 1. The number of hydrogen-bond acceptors (Lipinski definition) is 6. The van der Waals surface area contributed by atoms with Crippen molar-refractivity contribution in [1.82, 2.24) is 35.3 Å². The number of rotatable bonds is 4. The number of tetrazole rings is 1. The summed E-state index contributed by atoms with van der Waals surface area (Å²) in [4.78, 5) is 41.1. The lowest BCUT2D eigenvalue weighted by Crippen LogP contribution is -2.58. The van der Waals surface area contributed by atoms with E-state index in [4.69, 9.17) is 0 Å². The lowest BCUT2D eigenvalue weighted by molar-refractivity contribution is -0.129. The Hall–Kier alpha value is -3.30. The van der Waals surface area contributed by atoms with E-state index < -0.39 is 5.54 Å². The van der Waals surface area contributed by atoms with Gasteiger partial charge in [0.05, 0.1) is 5.69 Å². The molecule has 1 aromatic carbocycles. The number of aromatic nitrogens is 4. The van der Waals surface area contributed by atoms with E-state index >= 15 is 0 Å². The number of urea groups is 1. The van der Waals surface area contributed by atoms with Gasteiger partial charge in [0.2, 0.25) is 0 Å². The van der Waals surface area contributed by atoms with Gasteiger partial charge in [-0.05, 0) is 53.5 Å². The number of hydrogen-bond donors (Lipinski definition) is 1. The van der Waals surface area contributed by atoms with E-state index in [1.54, 1.807) is 34.1 Å². The number of amides is 4. The van der Waals surface area contributed by atoms with E-state index in [9.17, 15) is 14.4 Å². The SMILES string of the molecule is CC(C)CN1C(=O)NC(=O)C12CCN(C(=O)c1ccc(-n3cnnn3)cc1)CC2. The van der Waals surface area contributed by atoms with Crippen LogP contribution in [-0.4, -0.2) is 73.0 Å². The molecule has 2 saturated heterocycles. The van der Waals surface area contributed by atoms with Gasteiger partial charge in [-0.3, -0.25) is 14.9 Å². The van der Waals surface area contributed by atoms with Gasteiger partial charge in [0, 0.05) is 25.2 Å². The summed E-state index contributed by atoms with van der Waals surface area (Å²) in [7, 11) is 0. The van der Waals surface area contributed by atoms with Gasteiger partial charge in [-0.1, -0.05) is 13.8 Å². The first kappa shape index (κ1) is 19.0. The second kappa shape index (κ2) is 7.26. The van der Waals surface area contributed by atoms with E-state index in [1.165, 1.54) is 11.0 Å². The Morgan fingerprint density at radius 2 is 1.86 bits per heavy atom. The minimum absolute atomic E-state index is 0.0942. The molecule has 10 heteroatoms. The van der Waals surface area contributed by atoms with Crippen LogP contribution in [0.25, 0.3) is 5.69 Å². The topological polar surface area (TPSA) is 113 Å². The number of piperidine rings is 1. The third-order valence-electron chi connectivity index (χ3n) is 5.56. The summed E-state index contributed by atoms with van der Waals surface area (Å²) >= 11 is 0. The number of nitrogens with zero attached hydrogens (tertiary/aromatic N) is 6. The van der Waals surface area contributed by atoms with Crippen molar-refractivity contribution < 1.29 is 14.4 Å². The molecule has 2 aliphatic heterocycles. The number of imide groups is 1. The van der Waals surface area contributed by atoms with Crippen LogP contribution in [0.15, 0.2) is 30.6 Å². The van der Waals surface area contributed by atoms with Crippen LogP contribution in [0.1, 0.15) is 37.0 Å². The predicted molar refractivity (Wildman–Crippen MR) is 102 cm³/mol. The van der Waals surface area contributed by atoms with Gasteiger partial charge < -0.3 is 9.80 Å². The summed E-state index contributed by atoms with van der Waals surface area (Å²) < 4.78 is 1.51. The Morgan fingerprint density at radius 3 is 2.45 bits per heavy atom. The highest BCUT2D eigenvalue weighted by atomic mass is 16.2. The maximum atomic E-state index is 12.9. The maximum Gasteiger partial charge on any atom is 0.325 e. The molecule has 4 amide bonds. The molecule has 0 radical (unpaired) electrons. The Morgan fingerprint density at radius 1 is 1.17 bits per heavy atom. The van der Waals surface area contributed by atoms with E-state index in [1.807, 2.05) is 13.8 Å². The minimum Gasteiger partial charge on any atom is -0.338 e. The number of carbonyl (C=O) groups excluding carboxylic acids is 3. The van der Waals surface area contributed by atoms with Gasteiger partial charge >= 0.3 is 6.03 Å². The molecule has 10 nitrogen and oxygen atoms in total. The van der Waals surface area contributed by atoms with Crippen molar-refractivity contribution >= 4 is 17.8 Å². The van der Waals surface area contributed by atoms with Crippen LogP contribution in [0.5, 0.6) is 0 Å². The molecular weight excluding hydrogens is 374 g/mol. The molecule has 1 N–H and O–H groups in total. The molecule has 0 unspecified atom stereocenters. The Kier molecular flexibility index (Phi) is 4.77. The molecule has 152 valence electrons. The molecule has 0 aliphatic carbocycles. The molecule has 2 fully saturated rings. The van der Waals surface area contributed by atoms with Crippen molar-refractivity contribution in [2.45, 2.75) is 32.2 Å². The van der Waals surface area contributed by atoms with E-state index in [0.717, 1.165) is 5.69 Å². The Balaban J connectivity index is 1.45. The van der Waals surface area contributed by atoms with Crippen LogP contribution in [0.2, 0.25) is 0 Å². The molecule has 3 heterocycles. The average Bonchev–Trinajstić information content (AvgIpc) is 3.32. The minimum atomic E-state index is -0.845. The van der Waals surface area contributed by atoms with E-state index in [2.05, 4.69) is 20.8 Å². The zero-order valence-electron chi connectivity index (χ0n) is 16.4. The van der Waals surface area contributed by atoms with Gasteiger partial charge in [0.25, 0.3) is 11.8 Å². The van der Waals surface area contributed by atoms with Gasteiger partial charge in [-0.2, -0.15) is 0 Å². The summed E-state index contributed by atoms with van der Waals surface area (Å²) in [6.07, 6.45) is 2.36. The number of likely N-dealkylation sites (tertiary alicyclic amines) is 1. The van der Waals surface area contributed by atoms with Crippen LogP contribution in [0.3, 0.4) is 0 Å². The third-order valence-corrected chi connectivity index (χ3v) is 5.56. The van der Waals surface area contributed by atoms with Crippen molar-refractivity contribution in [3.8, 4) is 5.69 Å². The first-order valence-corrected chi connectivity index (χ1v) is 9.66. The quantitative estimate of drug-likeness (QED) is 0.765. The molecule has 4 rings (SSSR count). The standard InChI is InChI=1S/C19H23N7O3/c1-13(2)11-25-18(29)21-17(28)19(25)7-9-24(10-8-19)16(27)14-3-5-15(6-4-14)26-12-20-22-23-26/h3-6,12-13H,7-11H2,1-2H3,(H,21,28,29). The summed E-state index contributed by atoms with van der Waals surface area (Å²) in [5.41, 5.74) is 0.473. The summed E-state index contributed by atoms with van der Waals surface area (Å²) in [5.74, 6) is -0.0915. The van der Waals surface area contributed by atoms with Crippen molar-refractivity contribution in [3.63, 3.8) is 0 Å². The molecule has 0 atom stereocenters. The molecule has 1 spiro atoms. The number of carbonyl (C=O) groups is 3. The van der Waals surface area contributed by atoms with Gasteiger partial charge in [0.15, 0.2) is 0 Å². The highest BCUT2D eigenvalue weighted by Gasteiger charge is 2.54. The molecule has 0 bridgehead atoms. The predicted octanol–water partition coefficient (Wildman–Crippen LogP) is 0.845. The van der Waals surface area contributed by atoms with Crippen LogP contribution in [-0.2, 0) is 4.79 Å². The van der Waals surface area contributed by atoms with Crippen LogP contribution < -0.4 is 5.32 Å². The van der Waals surface area contributed by atoms with E-state index in [-0.39, 0.29) is 23.8 Å². The first-order valence-electron chi connectivity index (χ1n) is 9.66. The van der Waals surface area contributed by atoms with Gasteiger partial charge in [-0.25, -0.2) is 9.48 Å². The summed E-state index contributed by atoms with van der Waals surface area (Å²) in [6, 6.07) is 6.70. The molecule has 2 aromatic rings. The van der Waals surface area contributed by atoms with Gasteiger partial charge in [-0.15, -0.1) is 5.10 Å².